The molecule has 1 atom stereocenters. The SMILES string of the molecule is COCCNC(=O)CNC(=O)[C@@H](N)Cc1c[nH]c2ccccc12. The average Bonchev–Trinajstić information content (AvgIpc) is 2.96. The van der Waals surface area contributed by atoms with Gasteiger partial charge in [0.1, 0.15) is 0 Å². The number of nitrogens with two attached hydrogens (primary N) is 1. The second-order valence-electron chi connectivity index (χ2n) is 5.23. The van der Waals surface area contributed by atoms with E-state index in [2.05, 4.69) is 15.6 Å². The van der Waals surface area contributed by atoms with E-state index in [0.717, 1.165) is 16.5 Å². The van der Waals surface area contributed by atoms with Gasteiger partial charge in [-0.3, -0.25) is 9.59 Å². The first-order chi connectivity index (χ1) is 11.1. The minimum Gasteiger partial charge on any atom is -0.383 e. The molecule has 0 bridgehead atoms. The van der Waals surface area contributed by atoms with Gasteiger partial charge in [-0.05, 0) is 18.1 Å². The minimum absolute atomic E-state index is 0.0931. The Balaban J connectivity index is 1.82. The molecule has 2 amide bonds. The number of hydrogen-bond acceptors (Lipinski definition) is 4. The van der Waals surface area contributed by atoms with Gasteiger partial charge >= 0.3 is 0 Å². The van der Waals surface area contributed by atoms with Crippen LogP contribution in [-0.4, -0.2) is 49.6 Å². The normalized spacial score (nSPS) is 12.1. The number of rotatable bonds is 8. The number of H-pyrrole nitrogens is 1. The first-order valence-corrected chi connectivity index (χ1v) is 7.45. The van der Waals surface area contributed by atoms with Crippen molar-refractivity contribution in [1.29, 1.82) is 0 Å². The van der Waals surface area contributed by atoms with Crippen LogP contribution in [0, 0.1) is 0 Å². The number of aromatic amines is 1. The lowest BCUT2D eigenvalue weighted by atomic mass is 10.1. The van der Waals surface area contributed by atoms with E-state index >= 15 is 0 Å². The number of ether oxygens (including phenoxy) is 1. The molecule has 2 rings (SSSR count). The molecule has 0 fully saturated rings. The van der Waals surface area contributed by atoms with Gasteiger partial charge in [-0.2, -0.15) is 0 Å². The molecule has 2 aromatic rings. The molecule has 124 valence electrons. The zero-order valence-electron chi connectivity index (χ0n) is 13.1. The number of carbonyl (C=O) groups excluding carboxylic acids is 2. The molecule has 0 unspecified atom stereocenters. The number of aromatic nitrogens is 1. The molecule has 0 saturated carbocycles. The monoisotopic (exact) mass is 318 g/mol. The van der Waals surface area contributed by atoms with E-state index in [1.54, 1.807) is 7.11 Å². The Morgan fingerprint density at radius 2 is 2.09 bits per heavy atom. The molecule has 1 heterocycles. The van der Waals surface area contributed by atoms with Gasteiger partial charge in [0, 0.05) is 30.8 Å². The fourth-order valence-corrected chi connectivity index (χ4v) is 2.28. The van der Waals surface area contributed by atoms with Gasteiger partial charge in [0.15, 0.2) is 0 Å². The Bertz CT molecular complexity index is 668. The second kappa shape index (κ2) is 8.30. The van der Waals surface area contributed by atoms with E-state index in [-0.39, 0.29) is 18.4 Å². The summed E-state index contributed by atoms with van der Waals surface area (Å²) in [6.45, 7) is 0.747. The number of amides is 2. The van der Waals surface area contributed by atoms with Crippen LogP contribution in [0.15, 0.2) is 30.5 Å². The summed E-state index contributed by atoms with van der Waals surface area (Å²) >= 11 is 0. The highest BCUT2D eigenvalue weighted by molar-refractivity contribution is 5.88. The minimum atomic E-state index is -0.707. The van der Waals surface area contributed by atoms with Crippen molar-refractivity contribution in [2.45, 2.75) is 12.5 Å². The summed E-state index contributed by atoms with van der Waals surface area (Å²) in [5, 5.41) is 6.21. The zero-order chi connectivity index (χ0) is 16.7. The third-order valence-corrected chi connectivity index (χ3v) is 3.50. The second-order valence-corrected chi connectivity index (χ2v) is 5.23. The van der Waals surface area contributed by atoms with Gasteiger partial charge < -0.3 is 26.1 Å². The van der Waals surface area contributed by atoms with Crippen molar-refractivity contribution in [1.82, 2.24) is 15.6 Å². The van der Waals surface area contributed by atoms with E-state index in [9.17, 15) is 9.59 Å². The Labute approximate surface area is 134 Å². The predicted molar refractivity (Wildman–Crippen MR) is 87.9 cm³/mol. The van der Waals surface area contributed by atoms with E-state index in [1.165, 1.54) is 0 Å². The van der Waals surface area contributed by atoms with Crippen molar-refractivity contribution < 1.29 is 14.3 Å². The molecule has 7 nitrogen and oxygen atoms in total. The summed E-state index contributed by atoms with van der Waals surface area (Å²) in [5.74, 6) is -0.619. The first kappa shape index (κ1) is 17.0. The van der Waals surface area contributed by atoms with Gasteiger partial charge in [0.25, 0.3) is 0 Å². The van der Waals surface area contributed by atoms with E-state index in [0.29, 0.717) is 19.6 Å². The third kappa shape index (κ3) is 4.80. The van der Waals surface area contributed by atoms with Crippen LogP contribution in [0.3, 0.4) is 0 Å². The molecule has 23 heavy (non-hydrogen) atoms. The van der Waals surface area contributed by atoms with Crippen molar-refractivity contribution in [3.8, 4) is 0 Å². The maximum atomic E-state index is 12.0. The van der Waals surface area contributed by atoms with Crippen LogP contribution in [0.5, 0.6) is 0 Å². The highest BCUT2D eigenvalue weighted by atomic mass is 16.5. The summed E-state index contributed by atoms with van der Waals surface area (Å²) in [6, 6.07) is 7.12. The molecular formula is C16H22N4O3. The van der Waals surface area contributed by atoms with E-state index < -0.39 is 6.04 Å². The van der Waals surface area contributed by atoms with Crippen molar-refractivity contribution >= 4 is 22.7 Å². The van der Waals surface area contributed by atoms with Crippen LogP contribution in [0.2, 0.25) is 0 Å². The van der Waals surface area contributed by atoms with Crippen molar-refractivity contribution in [2.24, 2.45) is 5.73 Å². The van der Waals surface area contributed by atoms with Crippen molar-refractivity contribution in [3.63, 3.8) is 0 Å². The van der Waals surface area contributed by atoms with Crippen molar-refractivity contribution in [3.05, 3.63) is 36.0 Å². The molecule has 0 aliphatic heterocycles. The lowest BCUT2D eigenvalue weighted by molar-refractivity contribution is -0.126. The van der Waals surface area contributed by atoms with E-state index in [1.807, 2.05) is 30.5 Å². The standard InChI is InChI=1S/C16H22N4O3/c1-23-7-6-18-15(21)10-20-16(22)13(17)8-11-9-19-14-5-3-2-4-12(11)14/h2-5,9,13,19H,6-8,10,17H2,1H3,(H,18,21)(H,20,22)/t13-/m0/s1. The van der Waals surface area contributed by atoms with Crippen LogP contribution in [-0.2, 0) is 20.7 Å². The lowest BCUT2D eigenvalue weighted by Crippen LogP contribution is -2.46. The van der Waals surface area contributed by atoms with Gasteiger partial charge in [0.2, 0.25) is 11.8 Å². The Morgan fingerprint density at radius 3 is 2.87 bits per heavy atom. The van der Waals surface area contributed by atoms with E-state index in [4.69, 9.17) is 10.5 Å². The summed E-state index contributed by atoms with van der Waals surface area (Å²) in [4.78, 5) is 26.6. The van der Waals surface area contributed by atoms with Gasteiger partial charge in [0.05, 0.1) is 19.2 Å². The van der Waals surface area contributed by atoms with Crippen LogP contribution < -0.4 is 16.4 Å². The van der Waals surface area contributed by atoms with Crippen molar-refractivity contribution in [2.75, 3.05) is 26.8 Å². The molecule has 5 N–H and O–H groups in total. The maximum absolute atomic E-state index is 12.0. The molecule has 0 radical (unpaired) electrons. The van der Waals surface area contributed by atoms with Gasteiger partial charge in [-0.15, -0.1) is 0 Å². The topological polar surface area (TPSA) is 109 Å². The molecule has 1 aromatic heterocycles. The number of nitrogens with one attached hydrogen (secondary N) is 3. The quantitative estimate of drug-likeness (QED) is 0.510. The Hall–Kier alpha value is -2.38. The maximum Gasteiger partial charge on any atom is 0.239 e. The summed E-state index contributed by atoms with van der Waals surface area (Å²) in [7, 11) is 1.55. The van der Waals surface area contributed by atoms with Crippen LogP contribution >= 0.6 is 0 Å². The molecular weight excluding hydrogens is 296 g/mol. The summed E-state index contributed by atoms with van der Waals surface area (Å²) in [5.41, 5.74) is 7.92. The first-order valence-electron chi connectivity index (χ1n) is 7.45. The zero-order valence-corrected chi connectivity index (χ0v) is 13.1. The molecule has 0 aliphatic carbocycles. The van der Waals surface area contributed by atoms with Crippen LogP contribution in [0.25, 0.3) is 10.9 Å². The lowest BCUT2D eigenvalue weighted by Gasteiger charge is -2.12. The number of benzene rings is 1. The average molecular weight is 318 g/mol. The largest absolute Gasteiger partial charge is 0.383 e. The highest BCUT2D eigenvalue weighted by Crippen LogP contribution is 2.18. The molecule has 0 aliphatic rings. The number of carbonyl (C=O) groups is 2. The van der Waals surface area contributed by atoms with Gasteiger partial charge in [-0.25, -0.2) is 0 Å². The number of fused-ring (bicyclic) bond motifs is 1. The Morgan fingerprint density at radius 1 is 1.30 bits per heavy atom. The number of hydrogen-bond donors (Lipinski definition) is 4. The van der Waals surface area contributed by atoms with Gasteiger partial charge in [-0.1, -0.05) is 18.2 Å². The smallest absolute Gasteiger partial charge is 0.239 e. The fourth-order valence-electron chi connectivity index (χ4n) is 2.28. The third-order valence-electron chi connectivity index (χ3n) is 3.50. The predicted octanol–water partition coefficient (Wildman–Crippen LogP) is -0.0835. The molecule has 0 spiro atoms. The Kier molecular flexibility index (Phi) is 6.13. The molecule has 0 saturated heterocycles. The fraction of sp³-hybridized carbons (Fsp3) is 0.375. The summed E-state index contributed by atoms with van der Waals surface area (Å²) in [6.07, 6.45) is 2.26. The van der Waals surface area contributed by atoms with Crippen LogP contribution in [0.1, 0.15) is 5.56 Å². The molecule has 1 aromatic carbocycles. The number of para-hydroxylation sites is 1. The number of methoxy groups -OCH3 is 1. The summed E-state index contributed by atoms with van der Waals surface area (Å²) < 4.78 is 4.82. The highest BCUT2D eigenvalue weighted by Gasteiger charge is 2.16. The van der Waals surface area contributed by atoms with Crippen LogP contribution in [0.4, 0.5) is 0 Å². The molecule has 7 heteroatoms.